The topological polar surface area (TPSA) is 42.1 Å². The van der Waals surface area contributed by atoms with Crippen molar-refractivity contribution in [3.8, 4) is 0 Å². The normalized spacial score (nSPS) is 13.2. The van der Waals surface area contributed by atoms with E-state index in [0.29, 0.717) is 12.6 Å². The van der Waals surface area contributed by atoms with E-state index in [-0.39, 0.29) is 0 Å². The number of rotatable bonds is 4. The fraction of sp³-hybridized carbons (Fsp3) is 0.357. The predicted molar refractivity (Wildman–Crippen MR) is 71.7 cm³/mol. The average Bonchev–Trinajstić information content (AvgIpc) is 2.37. The predicted octanol–water partition coefficient (Wildman–Crippen LogP) is 2.01. The van der Waals surface area contributed by atoms with E-state index in [9.17, 15) is 0 Å². The van der Waals surface area contributed by atoms with Gasteiger partial charge >= 0.3 is 0 Å². The summed E-state index contributed by atoms with van der Waals surface area (Å²) in [6.07, 6.45) is 0. The number of likely N-dealkylation sites (N-methyl/N-ethyl adjacent to an activating group) is 1. The van der Waals surface area contributed by atoms with E-state index in [1.165, 1.54) is 5.39 Å². The molecule has 3 heteroatoms. The maximum atomic E-state index is 5.66. The van der Waals surface area contributed by atoms with Crippen molar-refractivity contribution in [3.05, 3.63) is 42.1 Å². The Kier molecular flexibility index (Phi) is 3.71. The molecule has 1 aromatic carbocycles. The van der Waals surface area contributed by atoms with Crippen LogP contribution in [-0.4, -0.2) is 29.5 Å². The largest absolute Gasteiger partial charge is 0.329 e. The van der Waals surface area contributed by atoms with Gasteiger partial charge in [0.05, 0.1) is 11.2 Å². The van der Waals surface area contributed by atoms with Gasteiger partial charge in [-0.15, -0.1) is 0 Å². The Labute approximate surface area is 102 Å². The quantitative estimate of drug-likeness (QED) is 0.872. The molecule has 0 bridgehead atoms. The summed E-state index contributed by atoms with van der Waals surface area (Å²) in [6, 6.07) is 12.8. The Morgan fingerprint density at radius 1 is 1.24 bits per heavy atom. The third-order valence-electron chi connectivity index (χ3n) is 3.16. The van der Waals surface area contributed by atoms with Gasteiger partial charge in [0.2, 0.25) is 0 Å². The molecule has 1 unspecified atom stereocenters. The number of aromatic nitrogens is 1. The second-order valence-electron chi connectivity index (χ2n) is 4.50. The number of benzene rings is 1. The van der Waals surface area contributed by atoms with Gasteiger partial charge in [0.15, 0.2) is 0 Å². The van der Waals surface area contributed by atoms with Gasteiger partial charge in [0.1, 0.15) is 0 Å². The average molecular weight is 229 g/mol. The molecule has 1 aromatic heterocycles. The summed E-state index contributed by atoms with van der Waals surface area (Å²) in [5.41, 5.74) is 7.80. The van der Waals surface area contributed by atoms with Crippen LogP contribution in [0.5, 0.6) is 0 Å². The van der Waals surface area contributed by atoms with E-state index >= 15 is 0 Å². The standard InChI is InChI=1S/C14H19N3/c1-11(9-15)17(2)10-13-8-7-12-5-3-4-6-14(12)16-13/h3-8,11H,9-10,15H2,1-2H3. The van der Waals surface area contributed by atoms with Crippen molar-refractivity contribution in [3.63, 3.8) is 0 Å². The number of fused-ring (bicyclic) bond motifs is 1. The zero-order valence-corrected chi connectivity index (χ0v) is 10.4. The Morgan fingerprint density at radius 2 is 2.00 bits per heavy atom. The number of nitrogens with zero attached hydrogens (tertiary/aromatic N) is 2. The molecule has 0 aliphatic rings. The minimum atomic E-state index is 0.378. The third kappa shape index (κ3) is 2.81. The summed E-state index contributed by atoms with van der Waals surface area (Å²) >= 11 is 0. The first-order chi connectivity index (χ1) is 8.20. The third-order valence-corrected chi connectivity index (χ3v) is 3.16. The second-order valence-corrected chi connectivity index (χ2v) is 4.50. The van der Waals surface area contributed by atoms with Gasteiger partial charge in [-0.1, -0.05) is 24.3 Å². The molecule has 1 heterocycles. The van der Waals surface area contributed by atoms with Crippen LogP contribution in [0.3, 0.4) is 0 Å². The van der Waals surface area contributed by atoms with E-state index in [0.717, 1.165) is 17.8 Å². The summed E-state index contributed by atoms with van der Waals surface area (Å²) in [4.78, 5) is 6.87. The van der Waals surface area contributed by atoms with Gasteiger partial charge in [0.25, 0.3) is 0 Å². The molecular formula is C14H19N3. The smallest absolute Gasteiger partial charge is 0.0705 e. The van der Waals surface area contributed by atoms with E-state index in [1.807, 2.05) is 18.2 Å². The van der Waals surface area contributed by atoms with Gasteiger partial charge < -0.3 is 5.73 Å². The Hall–Kier alpha value is -1.45. The highest BCUT2D eigenvalue weighted by atomic mass is 15.1. The molecule has 90 valence electrons. The molecule has 0 fully saturated rings. The van der Waals surface area contributed by atoms with Crippen LogP contribution in [0.2, 0.25) is 0 Å². The summed E-state index contributed by atoms with van der Waals surface area (Å²) in [7, 11) is 2.08. The number of para-hydroxylation sites is 1. The molecule has 0 spiro atoms. The first kappa shape index (κ1) is 12.0. The molecule has 0 saturated heterocycles. The molecule has 0 saturated carbocycles. The Balaban J connectivity index is 2.19. The molecule has 3 nitrogen and oxygen atoms in total. The number of nitrogens with two attached hydrogens (primary N) is 1. The van der Waals surface area contributed by atoms with E-state index in [1.54, 1.807) is 0 Å². The van der Waals surface area contributed by atoms with Crippen LogP contribution in [0.25, 0.3) is 10.9 Å². The number of hydrogen-bond acceptors (Lipinski definition) is 3. The van der Waals surface area contributed by atoms with Gasteiger partial charge in [-0.2, -0.15) is 0 Å². The highest BCUT2D eigenvalue weighted by Gasteiger charge is 2.08. The SMILES string of the molecule is CC(CN)N(C)Cc1ccc2ccccc2n1. The molecule has 2 rings (SSSR count). The number of pyridine rings is 1. The number of hydrogen-bond donors (Lipinski definition) is 1. The highest BCUT2D eigenvalue weighted by molar-refractivity contribution is 5.78. The molecule has 0 aliphatic heterocycles. The van der Waals surface area contributed by atoms with Crippen LogP contribution in [0.15, 0.2) is 36.4 Å². The molecule has 17 heavy (non-hydrogen) atoms. The van der Waals surface area contributed by atoms with Crippen molar-refractivity contribution in [2.24, 2.45) is 5.73 Å². The zero-order valence-electron chi connectivity index (χ0n) is 10.4. The Morgan fingerprint density at radius 3 is 2.76 bits per heavy atom. The van der Waals surface area contributed by atoms with Gasteiger partial charge in [0, 0.05) is 24.5 Å². The van der Waals surface area contributed by atoms with Crippen molar-refractivity contribution in [1.29, 1.82) is 0 Å². The molecule has 2 aromatic rings. The van der Waals surface area contributed by atoms with Crippen LogP contribution in [0.4, 0.5) is 0 Å². The molecule has 0 aliphatic carbocycles. The lowest BCUT2D eigenvalue weighted by Gasteiger charge is -2.22. The summed E-state index contributed by atoms with van der Waals surface area (Å²) < 4.78 is 0. The summed E-state index contributed by atoms with van der Waals surface area (Å²) in [5.74, 6) is 0. The lowest BCUT2D eigenvalue weighted by Crippen LogP contribution is -2.34. The van der Waals surface area contributed by atoms with E-state index < -0.39 is 0 Å². The minimum Gasteiger partial charge on any atom is -0.329 e. The van der Waals surface area contributed by atoms with E-state index in [4.69, 9.17) is 5.73 Å². The van der Waals surface area contributed by atoms with Crippen molar-refractivity contribution in [2.45, 2.75) is 19.5 Å². The molecule has 0 amide bonds. The monoisotopic (exact) mass is 229 g/mol. The lowest BCUT2D eigenvalue weighted by molar-refractivity contribution is 0.252. The zero-order chi connectivity index (χ0) is 12.3. The first-order valence-corrected chi connectivity index (χ1v) is 5.95. The lowest BCUT2D eigenvalue weighted by atomic mass is 10.2. The second kappa shape index (κ2) is 5.25. The summed E-state index contributed by atoms with van der Waals surface area (Å²) in [6.45, 7) is 3.63. The molecular weight excluding hydrogens is 210 g/mol. The molecule has 2 N–H and O–H groups in total. The summed E-state index contributed by atoms with van der Waals surface area (Å²) in [5, 5.41) is 1.19. The molecule has 1 atom stereocenters. The van der Waals surface area contributed by atoms with Crippen molar-refractivity contribution in [1.82, 2.24) is 9.88 Å². The minimum absolute atomic E-state index is 0.378. The van der Waals surface area contributed by atoms with Crippen molar-refractivity contribution >= 4 is 10.9 Å². The van der Waals surface area contributed by atoms with Crippen molar-refractivity contribution < 1.29 is 0 Å². The van der Waals surface area contributed by atoms with Crippen LogP contribution >= 0.6 is 0 Å². The first-order valence-electron chi connectivity index (χ1n) is 5.95. The van der Waals surface area contributed by atoms with Gasteiger partial charge in [-0.3, -0.25) is 9.88 Å². The molecule has 0 radical (unpaired) electrons. The van der Waals surface area contributed by atoms with Crippen LogP contribution in [0, 0.1) is 0 Å². The van der Waals surface area contributed by atoms with Gasteiger partial charge in [-0.25, -0.2) is 0 Å². The fourth-order valence-corrected chi connectivity index (χ4v) is 1.79. The van der Waals surface area contributed by atoms with Gasteiger partial charge in [-0.05, 0) is 26.1 Å². The van der Waals surface area contributed by atoms with Crippen LogP contribution in [-0.2, 0) is 6.54 Å². The maximum Gasteiger partial charge on any atom is 0.0705 e. The highest BCUT2D eigenvalue weighted by Crippen LogP contribution is 2.13. The van der Waals surface area contributed by atoms with Crippen molar-refractivity contribution in [2.75, 3.05) is 13.6 Å². The van der Waals surface area contributed by atoms with E-state index in [2.05, 4.69) is 42.1 Å². The Bertz CT molecular complexity index is 496. The maximum absolute atomic E-state index is 5.66. The fourth-order valence-electron chi connectivity index (χ4n) is 1.79. The van der Waals surface area contributed by atoms with Crippen LogP contribution in [0.1, 0.15) is 12.6 Å². The van der Waals surface area contributed by atoms with Crippen LogP contribution < -0.4 is 5.73 Å².